The summed E-state index contributed by atoms with van der Waals surface area (Å²) in [4.78, 5) is 2.81. The third kappa shape index (κ3) is 2.39. The van der Waals surface area contributed by atoms with Crippen LogP contribution in [0.3, 0.4) is 0 Å². The average Bonchev–Trinajstić information content (AvgIpc) is 2.72. The molecule has 2 heteroatoms. The van der Waals surface area contributed by atoms with Crippen LogP contribution in [0.5, 0.6) is 0 Å². The molecule has 0 aromatic carbocycles. The summed E-state index contributed by atoms with van der Waals surface area (Å²) >= 11 is 0. The highest BCUT2D eigenvalue weighted by molar-refractivity contribution is 5.05. The van der Waals surface area contributed by atoms with Crippen molar-refractivity contribution < 1.29 is 0 Å². The van der Waals surface area contributed by atoms with Crippen molar-refractivity contribution in [2.45, 2.75) is 84.0 Å². The van der Waals surface area contributed by atoms with Gasteiger partial charge in [0.25, 0.3) is 0 Å². The van der Waals surface area contributed by atoms with E-state index in [1.54, 1.807) is 0 Å². The van der Waals surface area contributed by atoms with E-state index in [-0.39, 0.29) is 5.66 Å². The SMILES string of the molecule is CC.CC1(C)NCC2C[C@@H]3CCCCC[C@H]3N21. The molecule has 0 amide bonds. The third-order valence-corrected chi connectivity index (χ3v) is 4.86. The van der Waals surface area contributed by atoms with E-state index >= 15 is 0 Å². The van der Waals surface area contributed by atoms with Crippen LogP contribution in [-0.2, 0) is 0 Å². The van der Waals surface area contributed by atoms with Crippen LogP contribution >= 0.6 is 0 Å². The lowest BCUT2D eigenvalue weighted by Crippen LogP contribution is -2.51. The van der Waals surface area contributed by atoms with E-state index in [9.17, 15) is 0 Å². The molecule has 17 heavy (non-hydrogen) atoms. The van der Waals surface area contributed by atoms with Gasteiger partial charge >= 0.3 is 0 Å². The van der Waals surface area contributed by atoms with E-state index in [1.165, 1.54) is 45.1 Å². The molecule has 1 saturated carbocycles. The minimum Gasteiger partial charge on any atom is -0.298 e. The van der Waals surface area contributed by atoms with Crippen molar-refractivity contribution in [1.82, 2.24) is 10.2 Å². The first-order valence-corrected chi connectivity index (χ1v) is 7.72. The van der Waals surface area contributed by atoms with Gasteiger partial charge in [-0.05, 0) is 39.0 Å². The lowest BCUT2D eigenvalue weighted by Gasteiger charge is -2.37. The van der Waals surface area contributed by atoms with Gasteiger partial charge in [0, 0.05) is 18.6 Å². The first-order valence-electron chi connectivity index (χ1n) is 7.72. The maximum absolute atomic E-state index is 3.68. The van der Waals surface area contributed by atoms with E-state index in [2.05, 4.69) is 24.1 Å². The molecule has 3 fully saturated rings. The van der Waals surface area contributed by atoms with Crippen LogP contribution in [0, 0.1) is 5.92 Å². The van der Waals surface area contributed by atoms with Crippen LogP contribution in [0.4, 0.5) is 0 Å². The zero-order valence-electron chi connectivity index (χ0n) is 12.1. The molecule has 2 saturated heterocycles. The molecule has 3 aliphatic rings. The van der Waals surface area contributed by atoms with Crippen molar-refractivity contribution in [2.75, 3.05) is 6.54 Å². The molecule has 2 nitrogen and oxygen atoms in total. The molecule has 0 bridgehead atoms. The molecule has 0 aromatic heterocycles. The zero-order valence-corrected chi connectivity index (χ0v) is 12.1. The van der Waals surface area contributed by atoms with Gasteiger partial charge in [-0.2, -0.15) is 0 Å². The second-order valence-corrected chi connectivity index (χ2v) is 6.20. The predicted octanol–water partition coefficient (Wildman–Crippen LogP) is 3.38. The van der Waals surface area contributed by atoms with Gasteiger partial charge in [0.15, 0.2) is 0 Å². The Bertz CT molecular complexity index is 249. The van der Waals surface area contributed by atoms with Crippen molar-refractivity contribution in [3.63, 3.8) is 0 Å². The summed E-state index contributed by atoms with van der Waals surface area (Å²) in [5, 5.41) is 3.68. The summed E-state index contributed by atoms with van der Waals surface area (Å²) in [6.45, 7) is 9.94. The van der Waals surface area contributed by atoms with Crippen molar-refractivity contribution in [3.8, 4) is 0 Å². The van der Waals surface area contributed by atoms with E-state index in [0.29, 0.717) is 0 Å². The van der Waals surface area contributed by atoms with Crippen LogP contribution in [0.2, 0.25) is 0 Å². The number of rotatable bonds is 0. The van der Waals surface area contributed by atoms with Crippen LogP contribution in [0.25, 0.3) is 0 Å². The Morgan fingerprint density at radius 3 is 2.53 bits per heavy atom. The second-order valence-electron chi connectivity index (χ2n) is 6.20. The fourth-order valence-corrected chi connectivity index (χ4v) is 4.25. The number of hydrogen-bond acceptors (Lipinski definition) is 2. The van der Waals surface area contributed by atoms with Crippen LogP contribution < -0.4 is 5.32 Å². The van der Waals surface area contributed by atoms with E-state index in [1.807, 2.05) is 13.8 Å². The van der Waals surface area contributed by atoms with Gasteiger partial charge in [0.1, 0.15) is 0 Å². The first kappa shape index (κ1) is 13.4. The summed E-state index contributed by atoms with van der Waals surface area (Å²) in [5.74, 6) is 1.01. The smallest absolute Gasteiger partial charge is 0.0660 e. The molecular weight excluding hydrogens is 208 g/mol. The molecule has 3 rings (SSSR count). The molecule has 2 heterocycles. The maximum atomic E-state index is 3.68. The van der Waals surface area contributed by atoms with Gasteiger partial charge in [-0.3, -0.25) is 10.2 Å². The largest absolute Gasteiger partial charge is 0.298 e. The summed E-state index contributed by atoms with van der Waals surface area (Å²) in [6, 6.07) is 1.73. The Hall–Kier alpha value is -0.0800. The lowest BCUT2D eigenvalue weighted by atomic mass is 9.93. The van der Waals surface area contributed by atoms with Crippen LogP contribution in [0.15, 0.2) is 0 Å². The Labute approximate surface area is 107 Å². The average molecular weight is 238 g/mol. The summed E-state index contributed by atoms with van der Waals surface area (Å²) in [6.07, 6.45) is 8.82. The van der Waals surface area contributed by atoms with E-state index < -0.39 is 0 Å². The summed E-state index contributed by atoms with van der Waals surface area (Å²) < 4.78 is 0. The Morgan fingerprint density at radius 1 is 1.06 bits per heavy atom. The molecular formula is C15H30N2. The monoisotopic (exact) mass is 238 g/mol. The minimum absolute atomic E-state index is 0.258. The fraction of sp³-hybridized carbons (Fsp3) is 1.00. The third-order valence-electron chi connectivity index (χ3n) is 4.86. The van der Waals surface area contributed by atoms with Gasteiger partial charge in [-0.25, -0.2) is 0 Å². The molecule has 1 N–H and O–H groups in total. The number of hydrogen-bond donors (Lipinski definition) is 1. The molecule has 100 valence electrons. The molecule has 3 atom stereocenters. The zero-order chi connectivity index (χ0) is 12.5. The van der Waals surface area contributed by atoms with Crippen molar-refractivity contribution in [1.29, 1.82) is 0 Å². The summed E-state index contributed by atoms with van der Waals surface area (Å²) in [7, 11) is 0. The van der Waals surface area contributed by atoms with Gasteiger partial charge in [-0.15, -0.1) is 0 Å². The summed E-state index contributed by atoms with van der Waals surface area (Å²) in [5.41, 5.74) is 0.258. The standard InChI is InChI=1S/C13H24N2.C2H6/c1-13(2)14-9-11-8-10-6-4-3-5-7-12(10)15(11)13;1-2/h10-12,14H,3-9H2,1-2H3;1-2H3/t10-,11?,12+;/m0./s1. The molecule has 2 aliphatic heterocycles. The van der Waals surface area contributed by atoms with Gasteiger partial charge < -0.3 is 0 Å². The molecule has 1 aliphatic carbocycles. The highest BCUT2D eigenvalue weighted by Gasteiger charge is 2.50. The second kappa shape index (κ2) is 5.27. The molecule has 0 aromatic rings. The van der Waals surface area contributed by atoms with Crippen molar-refractivity contribution >= 4 is 0 Å². The van der Waals surface area contributed by atoms with Crippen LogP contribution in [0.1, 0.15) is 66.2 Å². The van der Waals surface area contributed by atoms with Gasteiger partial charge in [0.2, 0.25) is 0 Å². The van der Waals surface area contributed by atoms with E-state index in [0.717, 1.165) is 18.0 Å². The van der Waals surface area contributed by atoms with Gasteiger partial charge in [0.05, 0.1) is 5.66 Å². The van der Waals surface area contributed by atoms with Crippen LogP contribution in [-0.4, -0.2) is 29.2 Å². The van der Waals surface area contributed by atoms with Crippen molar-refractivity contribution in [2.24, 2.45) is 5.92 Å². The molecule has 1 unspecified atom stereocenters. The Morgan fingerprint density at radius 2 is 1.76 bits per heavy atom. The molecule has 0 spiro atoms. The minimum atomic E-state index is 0.258. The van der Waals surface area contributed by atoms with Gasteiger partial charge in [-0.1, -0.05) is 33.1 Å². The highest BCUT2D eigenvalue weighted by Crippen LogP contribution is 2.43. The number of fused-ring (bicyclic) bond motifs is 3. The topological polar surface area (TPSA) is 15.3 Å². The Balaban J connectivity index is 0.000000514. The Kier molecular flexibility index (Phi) is 4.14. The number of nitrogens with zero attached hydrogens (tertiary/aromatic N) is 1. The first-order chi connectivity index (χ1) is 8.18. The normalized spacial score (nSPS) is 39.9. The number of nitrogens with one attached hydrogen (secondary N) is 1. The maximum Gasteiger partial charge on any atom is 0.0660 e. The predicted molar refractivity (Wildman–Crippen MR) is 74.0 cm³/mol. The fourth-order valence-electron chi connectivity index (χ4n) is 4.25. The quantitative estimate of drug-likeness (QED) is 0.696. The highest BCUT2D eigenvalue weighted by atomic mass is 15.4. The molecule has 0 radical (unpaired) electrons. The van der Waals surface area contributed by atoms with E-state index in [4.69, 9.17) is 0 Å². The lowest BCUT2D eigenvalue weighted by molar-refractivity contribution is 0.0874. The van der Waals surface area contributed by atoms with Crippen molar-refractivity contribution in [3.05, 3.63) is 0 Å².